The second-order valence-corrected chi connectivity index (χ2v) is 3.85. The molecule has 0 bridgehead atoms. The molecule has 86 valence electrons. The summed E-state index contributed by atoms with van der Waals surface area (Å²) in [5.74, 6) is 0.824. The molecule has 2 rings (SSSR count). The van der Waals surface area contributed by atoms with Crippen LogP contribution >= 0.6 is 0 Å². The summed E-state index contributed by atoms with van der Waals surface area (Å²) in [6.45, 7) is 3.17. The number of anilines is 1. The van der Waals surface area contributed by atoms with Crippen molar-refractivity contribution >= 4 is 17.0 Å². The maximum Gasteiger partial charge on any atom is 0.174 e. The van der Waals surface area contributed by atoms with E-state index in [1.807, 2.05) is 0 Å². The molecule has 0 spiro atoms. The summed E-state index contributed by atoms with van der Waals surface area (Å²) in [6, 6.07) is 0. The molecule has 0 atom stereocenters. The van der Waals surface area contributed by atoms with E-state index in [1.54, 1.807) is 12.4 Å². The van der Waals surface area contributed by atoms with Crippen LogP contribution in [-0.4, -0.2) is 26.7 Å². The standard InChI is InChI=1S/C11H17N5/c1-2-3-4-5-6-12-10-8-13-11-9(15-10)7-14-16-11/h7-8H,2-6H2,1H3,(H,12,15)(H,13,14,16). The van der Waals surface area contributed by atoms with Crippen LogP contribution in [0.15, 0.2) is 12.4 Å². The number of fused-ring (bicyclic) bond motifs is 1. The van der Waals surface area contributed by atoms with Crippen molar-refractivity contribution in [1.82, 2.24) is 20.2 Å². The van der Waals surface area contributed by atoms with E-state index in [9.17, 15) is 0 Å². The van der Waals surface area contributed by atoms with E-state index in [0.29, 0.717) is 0 Å². The molecule has 0 saturated heterocycles. The lowest BCUT2D eigenvalue weighted by Gasteiger charge is -2.04. The van der Waals surface area contributed by atoms with E-state index in [0.717, 1.165) is 23.5 Å². The second kappa shape index (κ2) is 5.44. The van der Waals surface area contributed by atoms with Gasteiger partial charge in [-0.05, 0) is 6.42 Å². The molecule has 0 aliphatic heterocycles. The molecule has 0 fully saturated rings. The Hall–Kier alpha value is -1.65. The van der Waals surface area contributed by atoms with Crippen LogP contribution < -0.4 is 5.32 Å². The van der Waals surface area contributed by atoms with Gasteiger partial charge in [0.05, 0.1) is 12.4 Å². The summed E-state index contributed by atoms with van der Waals surface area (Å²) in [7, 11) is 0. The summed E-state index contributed by atoms with van der Waals surface area (Å²) in [4.78, 5) is 8.60. The van der Waals surface area contributed by atoms with Gasteiger partial charge in [-0.3, -0.25) is 5.10 Å². The Kier molecular flexibility index (Phi) is 3.69. The minimum absolute atomic E-state index is 0.733. The Morgan fingerprint density at radius 3 is 3.06 bits per heavy atom. The minimum Gasteiger partial charge on any atom is -0.369 e. The van der Waals surface area contributed by atoms with Gasteiger partial charge in [0.15, 0.2) is 5.65 Å². The number of nitrogens with one attached hydrogen (secondary N) is 2. The third-order valence-corrected chi connectivity index (χ3v) is 2.49. The summed E-state index contributed by atoms with van der Waals surface area (Å²) in [6.07, 6.45) is 8.43. The fourth-order valence-electron chi connectivity index (χ4n) is 1.59. The number of nitrogens with zero attached hydrogens (tertiary/aromatic N) is 3. The molecule has 2 aromatic heterocycles. The second-order valence-electron chi connectivity index (χ2n) is 3.85. The zero-order valence-electron chi connectivity index (χ0n) is 9.53. The molecule has 5 heteroatoms. The zero-order chi connectivity index (χ0) is 11.2. The highest BCUT2D eigenvalue weighted by molar-refractivity contribution is 5.69. The van der Waals surface area contributed by atoms with Crippen molar-refractivity contribution < 1.29 is 0 Å². The van der Waals surface area contributed by atoms with Gasteiger partial charge in [-0.25, -0.2) is 9.97 Å². The third kappa shape index (κ3) is 2.68. The molecule has 0 saturated carbocycles. The molecule has 5 nitrogen and oxygen atoms in total. The molecule has 2 N–H and O–H groups in total. The van der Waals surface area contributed by atoms with Crippen LogP contribution in [0, 0.1) is 0 Å². The van der Waals surface area contributed by atoms with Crippen molar-refractivity contribution in [3.63, 3.8) is 0 Å². The molecule has 0 radical (unpaired) electrons. The largest absolute Gasteiger partial charge is 0.369 e. The van der Waals surface area contributed by atoms with Gasteiger partial charge >= 0.3 is 0 Å². The van der Waals surface area contributed by atoms with Gasteiger partial charge in [0.2, 0.25) is 0 Å². The SMILES string of the molecule is CCCCCCNc1cnc2[nH]ncc2n1. The van der Waals surface area contributed by atoms with Crippen LogP contribution in [0.3, 0.4) is 0 Å². The Bertz CT molecular complexity index is 437. The molecular weight excluding hydrogens is 202 g/mol. The van der Waals surface area contributed by atoms with Crippen LogP contribution in [-0.2, 0) is 0 Å². The molecular formula is C11H17N5. The number of H-pyrrole nitrogens is 1. The molecule has 0 unspecified atom stereocenters. The highest BCUT2D eigenvalue weighted by Crippen LogP contribution is 2.08. The van der Waals surface area contributed by atoms with Gasteiger partial charge in [0.25, 0.3) is 0 Å². The zero-order valence-corrected chi connectivity index (χ0v) is 9.53. The van der Waals surface area contributed by atoms with Crippen molar-refractivity contribution in [2.45, 2.75) is 32.6 Å². The average Bonchev–Trinajstić information content (AvgIpc) is 2.76. The lowest BCUT2D eigenvalue weighted by molar-refractivity contribution is 0.684. The van der Waals surface area contributed by atoms with E-state index in [-0.39, 0.29) is 0 Å². The highest BCUT2D eigenvalue weighted by atomic mass is 15.2. The summed E-state index contributed by atoms with van der Waals surface area (Å²) in [5, 5.41) is 9.94. The van der Waals surface area contributed by atoms with Crippen LogP contribution in [0.4, 0.5) is 5.82 Å². The lowest BCUT2D eigenvalue weighted by atomic mass is 10.2. The molecule has 0 aliphatic rings. The van der Waals surface area contributed by atoms with Gasteiger partial charge in [-0.15, -0.1) is 0 Å². The van der Waals surface area contributed by atoms with E-state index >= 15 is 0 Å². The van der Waals surface area contributed by atoms with Gasteiger partial charge < -0.3 is 5.32 Å². The fourth-order valence-corrected chi connectivity index (χ4v) is 1.59. The number of aromatic amines is 1. The van der Waals surface area contributed by atoms with Gasteiger partial charge in [-0.2, -0.15) is 5.10 Å². The Labute approximate surface area is 94.7 Å². The number of hydrogen-bond acceptors (Lipinski definition) is 4. The number of hydrogen-bond donors (Lipinski definition) is 2. The summed E-state index contributed by atoms with van der Waals surface area (Å²) < 4.78 is 0. The Balaban J connectivity index is 1.84. The molecule has 2 heterocycles. The first-order valence-corrected chi connectivity index (χ1v) is 5.80. The average molecular weight is 219 g/mol. The lowest BCUT2D eigenvalue weighted by Crippen LogP contribution is -2.03. The number of aromatic nitrogens is 4. The Morgan fingerprint density at radius 2 is 2.19 bits per heavy atom. The van der Waals surface area contributed by atoms with Crippen LogP contribution in [0.1, 0.15) is 32.6 Å². The highest BCUT2D eigenvalue weighted by Gasteiger charge is 1.99. The van der Waals surface area contributed by atoms with Gasteiger partial charge in [0.1, 0.15) is 11.3 Å². The molecule has 2 aromatic rings. The van der Waals surface area contributed by atoms with E-state index < -0.39 is 0 Å². The van der Waals surface area contributed by atoms with E-state index in [4.69, 9.17) is 0 Å². The van der Waals surface area contributed by atoms with Gasteiger partial charge in [0, 0.05) is 6.54 Å². The molecule has 0 aromatic carbocycles. The number of unbranched alkanes of at least 4 members (excludes halogenated alkanes) is 3. The summed E-state index contributed by atoms with van der Waals surface area (Å²) >= 11 is 0. The predicted molar refractivity (Wildman–Crippen MR) is 64.3 cm³/mol. The van der Waals surface area contributed by atoms with Crippen molar-refractivity contribution in [3.05, 3.63) is 12.4 Å². The Morgan fingerprint density at radius 1 is 1.25 bits per heavy atom. The minimum atomic E-state index is 0.733. The first-order valence-electron chi connectivity index (χ1n) is 5.80. The first-order chi connectivity index (χ1) is 7.90. The van der Waals surface area contributed by atoms with E-state index in [2.05, 4.69) is 32.4 Å². The molecule has 0 amide bonds. The summed E-state index contributed by atoms with van der Waals surface area (Å²) in [5.41, 5.74) is 1.54. The van der Waals surface area contributed by atoms with Gasteiger partial charge in [-0.1, -0.05) is 26.2 Å². The van der Waals surface area contributed by atoms with Crippen LogP contribution in [0.5, 0.6) is 0 Å². The van der Waals surface area contributed by atoms with Crippen LogP contribution in [0.2, 0.25) is 0 Å². The van der Waals surface area contributed by atoms with Crippen molar-refractivity contribution in [3.8, 4) is 0 Å². The monoisotopic (exact) mass is 219 g/mol. The topological polar surface area (TPSA) is 66.5 Å². The van der Waals surface area contributed by atoms with E-state index in [1.165, 1.54) is 25.7 Å². The third-order valence-electron chi connectivity index (χ3n) is 2.49. The number of rotatable bonds is 6. The normalized spacial score (nSPS) is 10.8. The molecule has 0 aliphatic carbocycles. The first kappa shape index (κ1) is 10.9. The van der Waals surface area contributed by atoms with Crippen LogP contribution in [0.25, 0.3) is 11.2 Å². The maximum atomic E-state index is 4.39. The fraction of sp³-hybridized carbons (Fsp3) is 0.545. The quantitative estimate of drug-likeness (QED) is 0.732. The van der Waals surface area contributed by atoms with Crippen molar-refractivity contribution in [2.75, 3.05) is 11.9 Å². The van der Waals surface area contributed by atoms with Crippen molar-refractivity contribution in [2.24, 2.45) is 0 Å². The molecule has 16 heavy (non-hydrogen) atoms. The maximum absolute atomic E-state index is 4.39. The van der Waals surface area contributed by atoms with Crippen molar-refractivity contribution in [1.29, 1.82) is 0 Å². The smallest absolute Gasteiger partial charge is 0.174 e. The predicted octanol–water partition coefficient (Wildman–Crippen LogP) is 2.35.